The molecule has 1 heterocycles. The Labute approximate surface area is 119 Å². The van der Waals surface area contributed by atoms with Gasteiger partial charge in [-0.3, -0.25) is 10.1 Å². The number of para-hydroxylation sites is 1. The lowest BCUT2D eigenvalue weighted by Crippen LogP contribution is -2.38. The summed E-state index contributed by atoms with van der Waals surface area (Å²) in [5.74, 6) is 0.461. The largest absolute Gasteiger partial charge is 0.381 e. The maximum Gasteiger partial charge on any atom is 0.292 e. The smallest absolute Gasteiger partial charge is 0.292 e. The molecule has 0 aromatic heterocycles. The molecule has 1 aromatic carbocycles. The van der Waals surface area contributed by atoms with Crippen molar-refractivity contribution < 1.29 is 9.66 Å². The van der Waals surface area contributed by atoms with Gasteiger partial charge in [0.15, 0.2) is 0 Å². The van der Waals surface area contributed by atoms with Crippen LogP contribution in [0.1, 0.15) is 25.3 Å². The fraction of sp³-hybridized carbons (Fsp3) is 0.600. The van der Waals surface area contributed by atoms with Crippen LogP contribution >= 0.6 is 0 Å². The molecule has 5 heteroatoms. The van der Waals surface area contributed by atoms with Crippen LogP contribution in [0.4, 0.5) is 11.4 Å². The number of nitro benzene ring substituents is 1. The molecule has 0 aliphatic carbocycles. The summed E-state index contributed by atoms with van der Waals surface area (Å²) >= 11 is 0. The quantitative estimate of drug-likeness (QED) is 0.613. The van der Waals surface area contributed by atoms with Gasteiger partial charge in [-0.2, -0.15) is 0 Å². The number of hydrogen-bond donors (Lipinski definition) is 0. The van der Waals surface area contributed by atoms with Gasteiger partial charge in [0.2, 0.25) is 0 Å². The summed E-state index contributed by atoms with van der Waals surface area (Å²) in [6.07, 6.45) is 2.19. The zero-order valence-corrected chi connectivity index (χ0v) is 12.2. The number of nitro groups is 1. The Kier molecular flexibility index (Phi) is 4.95. The molecule has 0 saturated carbocycles. The second kappa shape index (κ2) is 6.70. The predicted molar refractivity (Wildman–Crippen MR) is 79.3 cm³/mol. The van der Waals surface area contributed by atoms with Gasteiger partial charge in [-0.05, 0) is 38.2 Å². The van der Waals surface area contributed by atoms with E-state index < -0.39 is 0 Å². The number of nitrogens with zero attached hydrogens (tertiary/aromatic N) is 2. The van der Waals surface area contributed by atoms with Crippen LogP contribution in [-0.2, 0) is 4.74 Å². The molecule has 1 fully saturated rings. The number of anilines is 1. The highest BCUT2D eigenvalue weighted by atomic mass is 16.6. The number of aryl methyl sites for hydroxylation is 1. The number of ether oxygens (including phenoxy) is 1. The fourth-order valence-corrected chi connectivity index (χ4v) is 2.89. The zero-order valence-electron chi connectivity index (χ0n) is 12.2. The van der Waals surface area contributed by atoms with E-state index in [0.29, 0.717) is 5.92 Å². The minimum atomic E-state index is -0.283. The van der Waals surface area contributed by atoms with Crippen LogP contribution in [0, 0.1) is 23.0 Å². The average Bonchev–Trinajstić information content (AvgIpc) is 2.45. The third-order valence-corrected chi connectivity index (χ3v) is 3.81. The van der Waals surface area contributed by atoms with Gasteiger partial charge >= 0.3 is 0 Å². The van der Waals surface area contributed by atoms with Gasteiger partial charge < -0.3 is 9.64 Å². The van der Waals surface area contributed by atoms with Crippen molar-refractivity contribution in [3.63, 3.8) is 0 Å². The van der Waals surface area contributed by atoms with E-state index in [9.17, 15) is 10.1 Å². The van der Waals surface area contributed by atoms with Gasteiger partial charge in [-0.15, -0.1) is 0 Å². The summed E-state index contributed by atoms with van der Waals surface area (Å²) < 4.78 is 5.50. The van der Waals surface area contributed by atoms with E-state index in [4.69, 9.17) is 4.74 Å². The molecule has 1 atom stereocenters. The first-order valence-electron chi connectivity index (χ1n) is 7.20. The summed E-state index contributed by atoms with van der Waals surface area (Å²) in [6, 6.07) is 5.28. The van der Waals surface area contributed by atoms with Gasteiger partial charge in [0.25, 0.3) is 5.69 Å². The number of benzene rings is 1. The van der Waals surface area contributed by atoms with Gasteiger partial charge in [0, 0.05) is 25.8 Å². The van der Waals surface area contributed by atoms with Crippen molar-refractivity contribution in [2.75, 3.05) is 31.2 Å². The molecule has 1 aromatic rings. The lowest BCUT2D eigenvalue weighted by molar-refractivity contribution is -0.384. The Morgan fingerprint density at radius 3 is 3.00 bits per heavy atom. The third kappa shape index (κ3) is 3.28. The van der Waals surface area contributed by atoms with Crippen molar-refractivity contribution in [1.82, 2.24) is 0 Å². The standard InChI is InChI=1S/C15H22N2O3/c1-3-20-11-13-7-5-9-16(10-13)15-12(2)6-4-8-14(15)17(18)19/h4,6,8,13H,3,5,7,9-11H2,1-2H3. The first-order valence-corrected chi connectivity index (χ1v) is 7.20. The molecule has 1 aliphatic rings. The molecular weight excluding hydrogens is 256 g/mol. The molecule has 110 valence electrons. The van der Waals surface area contributed by atoms with Crippen LogP contribution in [0.5, 0.6) is 0 Å². The molecule has 5 nitrogen and oxygen atoms in total. The number of piperidine rings is 1. The summed E-state index contributed by atoms with van der Waals surface area (Å²) in [5.41, 5.74) is 1.96. The highest BCUT2D eigenvalue weighted by Gasteiger charge is 2.26. The molecule has 0 amide bonds. The molecule has 1 saturated heterocycles. The first kappa shape index (κ1) is 14.8. The molecule has 0 radical (unpaired) electrons. The van der Waals surface area contributed by atoms with E-state index in [0.717, 1.165) is 50.4 Å². The lowest BCUT2D eigenvalue weighted by atomic mass is 9.97. The molecular formula is C15H22N2O3. The van der Waals surface area contributed by atoms with Crippen LogP contribution in [0.25, 0.3) is 0 Å². The predicted octanol–water partition coefficient (Wildman–Crippen LogP) is 3.16. The van der Waals surface area contributed by atoms with Crippen molar-refractivity contribution in [1.29, 1.82) is 0 Å². The highest BCUT2D eigenvalue weighted by molar-refractivity contribution is 5.67. The van der Waals surface area contributed by atoms with Gasteiger partial charge in [-0.1, -0.05) is 12.1 Å². The van der Waals surface area contributed by atoms with E-state index in [-0.39, 0.29) is 10.6 Å². The van der Waals surface area contributed by atoms with Crippen LogP contribution in [0.2, 0.25) is 0 Å². The molecule has 0 N–H and O–H groups in total. The fourth-order valence-electron chi connectivity index (χ4n) is 2.89. The van der Waals surface area contributed by atoms with Crippen molar-refractivity contribution in [2.45, 2.75) is 26.7 Å². The van der Waals surface area contributed by atoms with E-state index >= 15 is 0 Å². The maximum absolute atomic E-state index is 11.2. The van der Waals surface area contributed by atoms with Gasteiger partial charge in [0.05, 0.1) is 11.5 Å². The van der Waals surface area contributed by atoms with E-state index in [1.165, 1.54) is 0 Å². The topological polar surface area (TPSA) is 55.6 Å². The van der Waals surface area contributed by atoms with Crippen LogP contribution < -0.4 is 4.90 Å². The highest BCUT2D eigenvalue weighted by Crippen LogP contribution is 2.34. The normalized spacial score (nSPS) is 19.1. The first-order chi connectivity index (χ1) is 9.63. The van der Waals surface area contributed by atoms with Crippen LogP contribution in [0.3, 0.4) is 0 Å². The third-order valence-electron chi connectivity index (χ3n) is 3.81. The molecule has 2 rings (SSSR count). The average molecular weight is 278 g/mol. The molecule has 1 unspecified atom stereocenters. The minimum Gasteiger partial charge on any atom is -0.381 e. The second-order valence-electron chi connectivity index (χ2n) is 5.31. The van der Waals surface area contributed by atoms with E-state index in [2.05, 4.69) is 4.90 Å². The Hall–Kier alpha value is -1.62. The maximum atomic E-state index is 11.2. The molecule has 0 bridgehead atoms. The lowest BCUT2D eigenvalue weighted by Gasteiger charge is -2.34. The van der Waals surface area contributed by atoms with Crippen molar-refractivity contribution >= 4 is 11.4 Å². The zero-order chi connectivity index (χ0) is 14.5. The van der Waals surface area contributed by atoms with Crippen molar-refractivity contribution in [3.05, 3.63) is 33.9 Å². The molecule has 1 aliphatic heterocycles. The Balaban J connectivity index is 2.20. The van der Waals surface area contributed by atoms with Crippen LogP contribution in [-0.4, -0.2) is 31.2 Å². The van der Waals surface area contributed by atoms with E-state index in [1.54, 1.807) is 12.1 Å². The number of rotatable bonds is 5. The summed E-state index contributed by atoms with van der Waals surface area (Å²) in [5, 5.41) is 11.2. The van der Waals surface area contributed by atoms with Gasteiger partial charge in [0.1, 0.15) is 5.69 Å². The monoisotopic (exact) mass is 278 g/mol. The summed E-state index contributed by atoms with van der Waals surface area (Å²) in [6.45, 7) is 7.12. The van der Waals surface area contributed by atoms with Crippen LogP contribution in [0.15, 0.2) is 18.2 Å². The SMILES string of the molecule is CCOCC1CCCN(c2c(C)cccc2[N+](=O)[O-])C1. The summed E-state index contributed by atoms with van der Waals surface area (Å²) in [7, 11) is 0. The summed E-state index contributed by atoms with van der Waals surface area (Å²) in [4.78, 5) is 13.1. The van der Waals surface area contributed by atoms with Crippen molar-refractivity contribution in [3.8, 4) is 0 Å². The van der Waals surface area contributed by atoms with Gasteiger partial charge in [-0.25, -0.2) is 0 Å². The second-order valence-corrected chi connectivity index (χ2v) is 5.31. The Morgan fingerprint density at radius 2 is 2.30 bits per heavy atom. The minimum absolute atomic E-state index is 0.210. The van der Waals surface area contributed by atoms with Crippen molar-refractivity contribution in [2.24, 2.45) is 5.92 Å². The molecule has 20 heavy (non-hydrogen) atoms. The Bertz CT molecular complexity index is 476. The Morgan fingerprint density at radius 1 is 1.50 bits per heavy atom. The van der Waals surface area contributed by atoms with E-state index in [1.807, 2.05) is 19.9 Å². The molecule has 0 spiro atoms. The number of hydrogen-bond acceptors (Lipinski definition) is 4.